The zero-order valence-electron chi connectivity index (χ0n) is 9.55. The fourth-order valence-electron chi connectivity index (χ4n) is 1.76. The van der Waals surface area contributed by atoms with Gasteiger partial charge in [-0.25, -0.2) is 0 Å². The molecule has 0 saturated carbocycles. The van der Waals surface area contributed by atoms with Crippen LogP contribution < -0.4 is 5.32 Å². The average Bonchev–Trinajstić information content (AvgIpc) is 2.75. The minimum absolute atomic E-state index is 0.162. The molecule has 0 bridgehead atoms. The normalized spacial score (nSPS) is 23.6. The summed E-state index contributed by atoms with van der Waals surface area (Å²) in [7, 11) is 0. The van der Waals surface area contributed by atoms with Gasteiger partial charge >= 0.3 is 0 Å². The number of carbonyl (C=O) groups excluding carboxylic acids is 1. The summed E-state index contributed by atoms with van der Waals surface area (Å²) in [6.45, 7) is 0.656. The van der Waals surface area contributed by atoms with Crippen LogP contribution in [0.1, 0.15) is 10.4 Å². The third-order valence-corrected chi connectivity index (χ3v) is 3.51. The van der Waals surface area contributed by atoms with E-state index < -0.39 is 6.10 Å². The van der Waals surface area contributed by atoms with Gasteiger partial charge in [0.2, 0.25) is 0 Å². The molecule has 2 rings (SSSR count). The minimum atomic E-state index is -0.611. The predicted octanol–water partition coefficient (Wildman–Crippen LogP) is 0.898. The number of amides is 1. The standard InChI is InChI=1S/C12H15NO3S/c1-17-11-5-3-2-4-8(11)12(15)13-9-6-16-7-10(9)14/h2-5,9-10,14H,6-7H2,1H3,(H,13,15)/t9-,10-/m0/s1. The van der Waals surface area contributed by atoms with Crippen LogP contribution in [0.2, 0.25) is 0 Å². The van der Waals surface area contributed by atoms with E-state index in [0.29, 0.717) is 12.2 Å². The maximum absolute atomic E-state index is 12.0. The van der Waals surface area contributed by atoms with Gasteiger partial charge in [0.25, 0.3) is 5.91 Å². The molecular formula is C12H15NO3S. The number of hydrogen-bond donors (Lipinski definition) is 2. The molecule has 1 amide bonds. The highest BCUT2D eigenvalue weighted by Crippen LogP contribution is 2.20. The molecule has 17 heavy (non-hydrogen) atoms. The molecule has 1 fully saturated rings. The molecule has 0 aromatic heterocycles. The molecule has 1 saturated heterocycles. The van der Waals surface area contributed by atoms with E-state index in [1.807, 2.05) is 24.5 Å². The van der Waals surface area contributed by atoms with Crippen molar-refractivity contribution >= 4 is 17.7 Å². The van der Waals surface area contributed by atoms with Crippen molar-refractivity contribution in [1.82, 2.24) is 5.32 Å². The van der Waals surface area contributed by atoms with Crippen molar-refractivity contribution in [3.8, 4) is 0 Å². The van der Waals surface area contributed by atoms with Crippen molar-refractivity contribution in [2.24, 2.45) is 0 Å². The summed E-state index contributed by atoms with van der Waals surface area (Å²) in [5, 5.41) is 12.4. The van der Waals surface area contributed by atoms with E-state index in [1.165, 1.54) is 11.8 Å². The number of hydrogen-bond acceptors (Lipinski definition) is 4. The fourth-order valence-corrected chi connectivity index (χ4v) is 2.35. The Morgan fingerprint density at radius 2 is 2.24 bits per heavy atom. The van der Waals surface area contributed by atoms with E-state index in [4.69, 9.17) is 4.74 Å². The number of rotatable bonds is 3. The third-order valence-electron chi connectivity index (χ3n) is 2.72. The van der Waals surface area contributed by atoms with E-state index in [-0.39, 0.29) is 18.6 Å². The van der Waals surface area contributed by atoms with Gasteiger partial charge in [-0.15, -0.1) is 11.8 Å². The third kappa shape index (κ3) is 2.80. The van der Waals surface area contributed by atoms with Crippen LogP contribution in [0, 0.1) is 0 Å². The van der Waals surface area contributed by atoms with Crippen molar-refractivity contribution < 1.29 is 14.6 Å². The van der Waals surface area contributed by atoms with Crippen LogP contribution in [0.3, 0.4) is 0 Å². The molecule has 5 heteroatoms. The summed E-state index contributed by atoms with van der Waals surface area (Å²) in [5.41, 5.74) is 0.638. The zero-order chi connectivity index (χ0) is 12.3. The van der Waals surface area contributed by atoms with Crippen LogP contribution in [0.4, 0.5) is 0 Å². The molecule has 0 unspecified atom stereocenters. The molecule has 1 aliphatic heterocycles. The number of carbonyl (C=O) groups is 1. The maximum atomic E-state index is 12.0. The summed E-state index contributed by atoms with van der Waals surface area (Å²) in [6, 6.07) is 7.11. The van der Waals surface area contributed by atoms with Gasteiger partial charge in [0.05, 0.1) is 30.9 Å². The SMILES string of the molecule is CSc1ccccc1C(=O)N[C@H]1COC[C@@H]1O. The van der Waals surface area contributed by atoms with Gasteiger partial charge < -0.3 is 15.2 Å². The highest BCUT2D eigenvalue weighted by atomic mass is 32.2. The van der Waals surface area contributed by atoms with Crippen LogP contribution in [-0.2, 0) is 4.74 Å². The van der Waals surface area contributed by atoms with Gasteiger partial charge in [-0.05, 0) is 18.4 Å². The predicted molar refractivity (Wildman–Crippen MR) is 66.3 cm³/mol. The van der Waals surface area contributed by atoms with E-state index in [9.17, 15) is 9.90 Å². The Morgan fingerprint density at radius 3 is 2.88 bits per heavy atom. The van der Waals surface area contributed by atoms with Crippen LogP contribution >= 0.6 is 11.8 Å². The lowest BCUT2D eigenvalue weighted by Crippen LogP contribution is -2.42. The van der Waals surface area contributed by atoms with Gasteiger partial charge in [0, 0.05) is 4.90 Å². The number of thioether (sulfide) groups is 1. The van der Waals surface area contributed by atoms with Crippen molar-refractivity contribution in [1.29, 1.82) is 0 Å². The Labute approximate surface area is 104 Å². The van der Waals surface area contributed by atoms with Gasteiger partial charge in [0.1, 0.15) is 0 Å². The number of aliphatic hydroxyl groups is 1. The topological polar surface area (TPSA) is 58.6 Å². The molecular weight excluding hydrogens is 238 g/mol. The number of aliphatic hydroxyl groups excluding tert-OH is 1. The molecule has 1 aliphatic rings. The molecule has 4 nitrogen and oxygen atoms in total. The molecule has 0 aliphatic carbocycles. The van der Waals surface area contributed by atoms with E-state index >= 15 is 0 Å². The minimum Gasteiger partial charge on any atom is -0.388 e. The molecule has 0 spiro atoms. The van der Waals surface area contributed by atoms with Gasteiger partial charge in [0.15, 0.2) is 0 Å². The Morgan fingerprint density at radius 1 is 1.47 bits per heavy atom. The maximum Gasteiger partial charge on any atom is 0.252 e. The van der Waals surface area contributed by atoms with Crippen molar-refractivity contribution in [3.05, 3.63) is 29.8 Å². The summed E-state index contributed by atoms with van der Waals surface area (Å²) in [5.74, 6) is -0.162. The van der Waals surface area contributed by atoms with Crippen molar-refractivity contribution in [2.45, 2.75) is 17.0 Å². The molecule has 1 aromatic rings. The van der Waals surface area contributed by atoms with E-state index in [2.05, 4.69) is 5.32 Å². The van der Waals surface area contributed by atoms with Crippen LogP contribution in [0.25, 0.3) is 0 Å². The second-order valence-electron chi connectivity index (χ2n) is 3.89. The highest BCUT2D eigenvalue weighted by Gasteiger charge is 2.28. The smallest absolute Gasteiger partial charge is 0.252 e. The lowest BCUT2D eigenvalue weighted by Gasteiger charge is -2.15. The van der Waals surface area contributed by atoms with Crippen LogP contribution in [0.15, 0.2) is 29.2 Å². The van der Waals surface area contributed by atoms with Crippen LogP contribution in [0.5, 0.6) is 0 Å². The molecule has 2 atom stereocenters. The lowest BCUT2D eigenvalue weighted by molar-refractivity contribution is 0.0883. The summed E-state index contributed by atoms with van der Waals surface area (Å²) in [6.07, 6.45) is 1.32. The summed E-state index contributed by atoms with van der Waals surface area (Å²) in [4.78, 5) is 13.0. The highest BCUT2D eigenvalue weighted by molar-refractivity contribution is 7.98. The Balaban J connectivity index is 2.09. The van der Waals surface area contributed by atoms with E-state index in [0.717, 1.165) is 4.90 Å². The Bertz CT molecular complexity index is 410. The summed E-state index contributed by atoms with van der Waals surface area (Å²) < 4.78 is 5.09. The van der Waals surface area contributed by atoms with Crippen LogP contribution in [-0.4, -0.2) is 42.6 Å². The van der Waals surface area contributed by atoms with Crippen molar-refractivity contribution in [3.63, 3.8) is 0 Å². The molecule has 2 N–H and O–H groups in total. The van der Waals surface area contributed by atoms with Gasteiger partial charge in [-0.2, -0.15) is 0 Å². The Kier molecular flexibility index (Phi) is 4.04. The quantitative estimate of drug-likeness (QED) is 0.786. The molecule has 1 heterocycles. The first-order valence-corrected chi connectivity index (χ1v) is 6.64. The van der Waals surface area contributed by atoms with Crippen molar-refractivity contribution in [2.75, 3.05) is 19.5 Å². The second kappa shape index (κ2) is 5.53. The fraction of sp³-hybridized carbons (Fsp3) is 0.417. The van der Waals surface area contributed by atoms with Gasteiger partial charge in [-0.3, -0.25) is 4.79 Å². The second-order valence-corrected chi connectivity index (χ2v) is 4.73. The van der Waals surface area contributed by atoms with Gasteiger partial charge in [-0.1, -0.05) is 12.1 Å². The number of nitrogens with one attached hydrogen (secondary N) is 1. The number of ether oxygens (including phenoxy) is 1. The Hall–Kier alpha value is -1.04. The molecule has 92 valence electrons. The molecule has 1 aromatic carbocycles. The number of benzene rings is 1. The largest absolute Gasteiger partial charge is 0.388 e. The lowest BCUT2D eigenvalue weighted by atomic mass is 10.1. The first kappa shape index (κ1) is 12.4. The van der Waals surface area contributed by atoms with E-state index in [1.54, 1.807) is 6.07 Å². The monoisotopic (exact) mass is 253 g/mol. The molecule has 0 radical (unpaired) electrons. The first-order chi connectivity index (χ1) is 8.22. The zero-order valence-corrected chi connectivity index (χ0v) is 10.4. The average molecular weight is 253 g/mol. The first-order valence-electron chi connectivity index (χ1n) is 5.42. The summed E-state index contributed by atoms with van der Waals surface area (Å²) >= 11 is 1.53.